The van der Waals surface area contributed by atoms with Crippen molar-refractivity contribution in [2.24, 2.45) is 0 Å². The number of benzene rings is 1. The first-order valence-corrected chi connectivity index (χ1v) is 5.62. The van der Waals surface area contributed by atoms with Crippen LogP contribution in [-0.4, -0.2) is 13.1 Å². The van der Waals surface area contributed by atoms with Crippen LogP contribution in [0.5, 0.6) is 0 Å². The van der Waals surface area contributed by atoms with E-state index in [1.807, 2.05) is 24.3 Å². The first-order chi connectivity index (χ1) is 7.86. The summed E-state index contributed by atoms with van der Waals surface area (Å²) in [5, 5.41) is 0.673. The maximum atomic E-state index is 12.2. The van der Waals surface area contributed by atoms with Crippen LogP contribution in [0.25, 0.3) is 11.0 Å². The molecule has 2 aromatic rings. The zero-order chi connectivity index (χ0) is 11.0. The summed E-state index contributed by atoms with van der Waals surface area (Å²) in [6.07, 6.45) is 3.91. The van der Waals surface area contributed by atoms with E-state index in [0.29, 0.717) is 16.7 Å². The van der Waals surface area contributed by atoms with Gasteiger partial charge >= 0.3 is 0 Å². The lowest BCUT2D eigenvalue weighted by Crippen LogP contribution is -2.24. The van der Waals surface area contributed by atoms with Gasteiger partial charge in [-0.3, -0.25) is 4.79 Å². The molecule has 3 nitrogen and oxygen atoms in total. The lowest BCUT2D eigenvalue weighted by Gasteiger charge is -2.15. The van der Waals surface area contributed by atoms with Gasteiger partial charge in [0, 0.05) is 13.1 Å². The minimum atomic E-state index is 0.0868. The second-order valence-corrected chi connectivity index (χ2v) is 4.14. The van der Waals surface area contributed by atoms with Crippen LogP contribution >= 0.6 is 0 Å². The summed E-state index contributed by atoms with van der Waals surface area (Å²) in [5.74, 6) is 0. The molecule has 3 heteroatoms. The number of rotatable bonds is 1. The van der Waals surface area contributed by atoms with Crippen LogP contribution in [0.15, 0.2) is 39.7 Å². The van der Waals surface area contributed by atoms with Gasteiger partial charge in [0.25, 0.3) is 0 Å². The van der Waals surface area contributed by atoms with E-state index in [0.717, 1.165) is 25.9 Å². The van der Waals surface area contributed by atoms with Crippen molar-refractivity contribution in [3.63, 3.8) is 0 Å². The Morgan fingerprint density at radius 1 is 1.12 bits per heavy atom. The molecule has 1 aliphatic heterocycles. The molecule has 0 spiro atoms. The Morgan fingerprint density at radius 2 is 1.88 bits per heavy atom. The molecular formula is C13H13NO2. The molecule has 16 heavy (non-hydrogen) atoms. The fourth-order valence-corrected chi connectivity index (χ4v) is 2.24. The normalized spacial score (nSPS) is 15.9. The maximum absolute atomic E-state index is 12.2. The Hall–Kier alpha value is -1.77. The molecule has 0 saturated carbocycles. The number of nitrogens with zero attached hydrogens (tertiary/aromatic N) is 1. The fraction of sp³-hybridized carbons (Fsp3) is 0.308. The van der Waals surface area contributed by atoms with Gasteiger partial charge in [0.1, 0.15) is 17.5 Å². The van der Waals surface area contributed by atoms with Crippen LogP contribution < -0.4 is 10.3 Å². The average molecular weight is 215 g/mol. The molecule has 3 rings (SSSR count). The van der Waals surface area contributed by atoms with Gasteiger partial charge < -0.3 is 9.32 Å². The summed E-state index contributed by atoms with van der Waals surface area (Å²) >= 11 is 0. The zero-order valence-corrected chi connectivity index (χ0v) is 8.98. The molecule has 1 aliphatic rings. The predicted molar refractivity (Wildman–Crippen MR) is 63.9 cm³/mol. The average Bonchev–Trinajstić information content (AvgIpc) is 2.83. The van der Waals surface area contributed by atoms with Crippen LogP contribution in [0.3, 0.4) is 0 Å². The molecule has 0 aliphatic carbocycles. The SMILES string of the molecule is O=c1c(N2CCCC2)coc2ccccc12. The molecular weight excluding hydrogens is 202 g/mol. The van der Waals surface area contributed by atoms with E-state index in [2.05, 4.69) is 4.90 Å². The minimum Gasteiger partial charge on any atom is -0.462 e. The highest BCUT2D eigenvalue weighted by Crippen LogP contribution is 2.19. The van der Waals surface area contributed by atoms with Crippen LogP contribution in [0.4, 0.5) is 5.69 Å². The second-order valence-electron chi connectivity index (χ2n) is 4.14. The number of para-hydroxylation sites is 1. The molecule has 0 bridgehead atoms. The summed E-state index contributed by atoms with van der Waals surface area (Å²) in [6, 6.07) is 7.39. The molecule has 1 fully saturated rings. The van der Waals surface area contributed by atoms with Gasteiger partial charge in [-0.15, -0.1) is 0 Å². The molecule has 82 valence electrons. The molecule has 0 unspecified atom stereocenters. The van der Waals surface area contributed by atoms with Crippen molar-refractivity contribution >= 4 is 16.7 Å². The lowest BCUT2D eigenvalue weighted by molar-refractivity contribution is 0.600. The second kappa shape index (κ2) is 3.67. The molecule has 0 atom stereocenters. The van der Waals surface area contributed by atoms with Crippen LogP contribution in [-0.2, 0) is 0 Å². The number of fused-ring (bicyclic) bond motifs is 1. The van der Waals surface area contributed by atoms with Gasteiger partial charge in [-0.25, -0.2) is 0 Å². The summed E-state index contributed by atoms with van der Waals surface area (Å²) in [6.45, 7) is 1.92. The zero-order valence-electron chi connectivity index (χ0n) is 8.98. The van der Waals surface area contributed by atoms with Crippen molar-refractivity contribution in [2.45, 2.75) is 12.8 Å². The molecule has 1 saturated heterocycles. The highest BCUT2D eigenvalue weighted by Gasteiger charge is 2.17. The number of hydrogen-bond donors (Lipinski definition) is 0. The van der Waals surface area contributed by atoms with Gasteiger partial charge in [0.2, 0.25) is 5.43 Å². The largest absolute Gasteiger partial charge is 0.462 e. The first kappa shape index (κ1) is 9.46. The van der Waals surface area contributed by atoms with Gasteiger partial charge in [-0.1, -0.05) is 12.1 Å². The van der Waals surface area contributed by atoms with E-state index in [4.69, 9.17) is 4.42 Å². The standard InChI is InChI=1S/C13H13NO2/c15-13-10-5-1-2-6-12(10)16-9-11(13)14-7-3-4-8-14/h1-2,5-6,9H,3-4,7-8H2. The Labute approximate surface area is 93.3 Å². The van der Waals surface area contributed by atoms with Gasteiger partial charge in [-0.2, -0.15) is 0 Å². The predicted octanol–water partition coefficient (Wildman–Crippen LogP) is 2.39. The molecule has 0 N–H and O–H groups in total. The Bertz CT molecular complexity index is 567. The topological polar surface area (TPSA) is 33.5 Å². The maximum Gasteiger partial charge on any atom is 0.215 e. The first-order valence-electron chi connectivity index (χ1n) is 5.62. The van der Waals surface area contributed by atoms with Crippen molar-refractivity contribution in [3.8, 4) is 0 Å². The van der Waals surface area contributed by atoms with Gasteiger partial charge in [-0.05, 0) is 25.0 Å². The van der Waals surface area contributed by atoms with Crippen molar-refractivity contribution in [1.29, 1.82) is 0 Å². The van der Waals surface area contributed by atoms with Gasteiger partial charge in [0.05, 0.1) is 5.39 Å². The van der Waals surface area contributed by atoms with Crippen LogP contribution in [0.2, 0.25) is 0 Å². The summed E-state index contributed by atoms with van der Waals surface area (Å²) in [5.41, 5.74) is 1.45. The van der Waals surface area contributed by atoms with Crippen LogP contribution in [0, 0.1) is 0 Å². The molecule has 1 aromatic carbocycles. The van der Waals surface area contributed by atoms with Crippen molar-refractivity contribution < 1.29 is 4.42 Å². The highest BCUT2D eigenvalue weighted by atomic mass is 16.3. The van der Waals surface area contributed by atoms with E-state index in [9.17, 15) is 4.79 Å². The van der Waals surface area contributed by atoms with Crippen molar-refractivity contribution in [3.05, 3.63) is 40.8 Å². The van der Waals surface area contributed by atoms with Gasteiger partial charge in [0.15, 0.2) is 0 Å². The molecule has 0 amide bonds. The Balaban J connectivity index is 2.19. The van der Waals surface area contributed by atoms with E-state index in [-0.39, 0.29) is 5.43 Å². The smallest absolute Gasteiger partial charge is 0.215 e. The summed E-state index contributed by atoms with van der Waals surface area (Å²) in [4.78, 5) is 14.3. The monoisotopic (exact) mass is 215 g/mol. The van der Waals surface area contributed by atoms with Crippen molar-refractivity contribution in [1.82, 2.24) is 0 Å². The minimum absolute atomic E-state index is 0.0868. The number of anilines is 1. The van der Waals surface area contributed by atoms with Crippen LogP contribution in [0.1, 0.15) is 12.8 Å². The Kier molecular flexibility index (Phi) is 2.17. The number of hydrogen-bond acceptors (Lipinski definition) is 3. The summed E-state index contributed by atoms with van der Waals surface area (Å²) in [7, 11) is 0. The van der Waals surface area contributed by atoms with E-state index >= 15 is 0 Å². The van der Waals surface area contributed by atoms with E-state index < -0.39 is 0 Å². The fourth-order valence-electron chi connectivity index (χ4n) is 2.24. The summed E-state index contributed by atoms with van der Waals surface area (Å²) < 4.78 is 5.49. The lowest BCUT2D eigenvalue weighted by atomic mass is 10.2. The van der Waals surface area contributed by atoms with E-state index in [1.165, 1.54) is 0 Å². The molecule has 1 aromatic heterocycles. The van der Waals surface area contributed by atoms with E-state index in [1.54, 1.807) is 6.26 Å². The highest BCUT2D eigenvalue weighted by molar-refractivity contribution is 5.79. The third kappa shape index (κ3) is 1.40. The molecule has 0 radical (unpaired) electrons. The third-order valence-corrected chi connectivity index (χ3v) is 3.11. The quantitative estimate of drug-likeness (QED) is 0.732. The Morgan fingerprint density at radius 3 is 2.69 bits per heavy atom. The molecule has 2 heterocycles. The third-order valence-electron chi connectivity index (χ3n) is 3.11. The van der Waals surface area contributed by atoms with Crippen molar-refractivity contribution in [2.75, 3.05) is 18.0 Å².